The Morgan fingerprint density at radius 1 is 1.22 bits per heavy atom. The van der Waals surface area contributed by atoms with E-state index in [9.17, 15) is 4.79 Å². The fourth-order valence-corrected chi connectivity index (χ4v) is 3.69. The molecule has 1 aromatic carbocycles. The fraction of sp³-hybridized carbons (Fsp3) is 0.600. The maximum absolute atomic E-state index is 13.1. The van der Waals surface area contributed by atoms with Crippen LogP contribution in [0, 0.1) is 0 Å². The van der Waals surface area contributed by atoms with Crippen molar-refractivity contribution in [3.63, 3.8) is 0 Å². The van der Waals surface area contributed by atoms with Gasteiger partial charge in [-0.2, -0.15) is 0 Å². The van der Waals surface area contributed by atoms with Crippen LogP contribution in [0.3, 0.4) is 0 Å². The molecule has 2 aliphatic rings. The highest BCUT2D eigenvalue weighted by molar-refractivity contribution is 14.0. The van der Waals surface area contributed by atoms with E-state index in [1.54, 1.807) is 7.05 Å². The van der Waals surface area contributed by atoms with E-state index in [0.717, 1.165) is 11.5 Å². The van der Waals surface area contributed by atoms with E-state index >= 15 is 0 Å². The molecule has 150 valence electrons. The van der Waals surface area contributed by atoms with Crippen LogP contribution in [0.2, 0.25) is 0 Å². The molecule has 1 aliphatic carbocycles. The van der Waals surface area contributed by atoms with Gasteiger partial charge in [-0.1, -0.05) is 43.2 Å². The largest absolute Gasteiger partial charge is 0.378 e. The van der Waals surface area contributed by atoms with Gasteiger partial charge < -0.3 is 20.3 Å². The summed E-state index contributed by atoms with van der Waals surface area (Å²) in [6.07, 6.45) is 4.93. The third-order valence-electron chi connectivity index (χ3n) is 5.22. The third kappa shape index (κ3) is 6.34. The Morgan fingerprint density at radius 2 is 1.89 bits per heavy atom. The first-order valence-corrected chi connectivity index (χ1v) is 9.66. The average Bonchev–Trinajstić information content (AvgIpc) is 3.21. The zero-order valence-corrected chi connectivity index (χ0v) is 18.4. The number of guanidine groups is 1. The van der Waals surface area contributed by atoms with Gasteiger partial charge in [0.2, 0.25) is 5.91 Å². The molecule has 7 heteroatoms. The molecule has 1 saturated heterocycles. The molecule has 3 rings (SSSR count). The minimum absolute atomic E-state index is 0. The molecule has 1 heterocycles. The van der Waals surface area contributed by atoms with Crippen LogP contribution >= 0.6 is 24.0 Å². The number of benzene rings is 1. The Kier molecular flexibility index (Phi) is 9.33. The number of halogens is 1. The maximum Gasteiger partial charge on any atom is 0.232 e. The number of nitrogens with zero attached hydrogens (tertiary/aromatic N) is 2. The predicted molar refractivity (Wildman–Crippen MR) is 119 cm³/mol. The van der Waals surface area contributed by atoms with E-state index in [4.69, 9.17) is 4.74 Å². The van der Waals surface area contributed by atoms with Gasteiger partial charge in [0.05, 0.1) is 19.1 Å². The van der Waals surface area contributed by atoms with Crippen molar-refractivity contribution in [3.8, 4) is 0 Å². The van der Waals surface area contributed by atoms with Crippen LogP contribution in [-0.4, -0.2) is 62.7 Å². The van der Waals surface area contributed by atoms with Gasteiger partial charge in [0.1, 0.15) is 0 Å². The molecule has 27 heavy (non-hydrogen) atoms. The van der Waals surface area contributed by atoms with Crippen molar-refractivity contribution >= 4 is 35.8 Å². The molecule has 1 unspecified atom stereocenters. The molecule has 1 atom stereocenters. The second-order valence-corrected chi connectivity index (χ2v) is 6.98. The molecule has 1 amide bonds. The van der Waals surface area contributed by atoms with Crippen molar-refractivity contribution in [1.29, 1.82) is 0 Å². The molecule has 0 radical (unpaired) electrons. The molecular weight excluding hydrogens is 455 g/mol. The summed E-state index contributed by atoms with van der Waals surface area (Å²) < 4.78 is 5.39. The van der Waals surface area contributed by atoms with Crippen LogP contribution in [0.4, 0.5) is 0 Å². The number of aliphatic imine (C=N–C) groups is 1. The van der Waals surface area contributed by atoms with Crippen molar-refractivity contribution in [3.05, 3.63) is 35.9 Å². The molecule has 2 fully saturated rings. The third-order valence-corrected chi connectivity index (χ3v) is 5.22. The van der Waals surface area contributed by atoms with Crippen molar-refractivity contribution in [1.82, 2.24) is 15.5 Å². The summed E-state index contributed by atoms with van der Waals surface area (Å²) in [5.41, 5.74) is 1.04. The van der Waals surface area contributed by atoms with Crippen LogP contribution in [0.15, 0.2) is 35.3 Å². The molecule has 0 bridgehead atoms. The first kappa shape index (κ1) is 21.9. The number of carbonyl (C=O) groups is 1. The van der Waals surface area contributed by atoms with E-state index in [1.165, 1.54) is 25.7 Å². The quantitative estimate of drug-likeness (QED) is 0.381. The van der Waals surface area contributed by atoms with Gasteiger partial charge in [-0.25, -0.2) is 0 Å². The summed E-state index contributed by atoms with van der Waals surface area (Å²) in [6.45, 7) is 3.10. The Hall–Kier alpha value is -1.35. The second-order valence-electron chi connectivity index (χ2n) is 6.98. The van der Waals surface area contributed by atoms with Gasteiger partial charge in [0.15, 0.2) is 5.96 Å². The van der Waals surface area contributed by atoms with Gasteiger partial charge in [0, 0.05) is 32.7 Å². The van der Waals surface area contributed by atoms with E-state index < -0.39 is 0 Å². The van der Waals surface area contributed by atoms with Crippen LogP contribution in [0.5, 0.6) is 0 Å². The van der Waals surface area contributed by atoms with Gasteiger partial charge in [-0.15, -0.1) is 24.0 Å². The lowest BCUT2D eigenvalue weighted by Crippen LogP contribution is -2.48. The molecular formula is C20H31IN4O2. The Balaban J connectivity index is 0.00000261. The summed E-state index contributed by atoms with van der Waals surface area (Å²) in [4.78, 5) is 19.4. The summed E-state index contributed by atoms with van der Waals surface area (Å²) in [5.74, 6) is 0.715. The number of carbonyl (C=O) groups excluding carboxylic acids is 1. The SMILES string of the molecule is CN=C(NCC(C(=O)N1CCOCC1)c1ccccc1)NC1CCCC1.I. The fourth-order valence-electron chi connectivity index (χ4n) is 3.69. The van der Waals surface area contributed by atoms with Gasteiger partial charge in [0.25, 0.3) is 0 Å². The molecule has 1 aromatic rings. The summed E-state index contributed by atoms with van der Waals surface area (Å²) in [5, 5.41) is 6.86. The molecule has 1 aliphatic heterocycles. The normalized spacial score (nSPS) is 19.3. The Labute approximate surface area is 179 Å². The lowest BCUT2D eigenvalue weighted by atomic mass is 9.97. The van der Waals surface area contributed by atoms with Crippen molar-refractivity contribution in [2.24, 2.45) is 4.99 Å². The van der Waals surface area contributed by atoms with Crippen LogP contribution in [0.25, 0.3) is 0 Å². The number of hydrogen-bond acceptors (Lipinski definition) is 3. The molecule has 2 N–H and O–H groups in total. The predicted octanol–water partition coefficient (Wildman–Crippen LogP) is 2.35. The van der Waals surface area contributed by atoms with E-state index in [1.807, 2.05) is 35.2 Å². The number of ether oxygens (including phenoxy) is 1. The van der Waals surface area contributed by atoms with E-state index in [0.29, 0.717) is 38.9 Å². The average molecular weight is 486 g/mol. The van der Waals surface area contributed by atoms with Crippen molar-refractivity contribution in [2.45, 2.75) is 37.6 Å². The monoisotopic (exact) mass is 486 g/mol. The molecule has 6 nitrogen and oxygen atoms in total. The van der Waals surface area contributed by atoms with Crippen LogP contribution in [-0.2, 0) is 9.53 Å². The topological polar surface area (TPSA) is 66.0 Å². The smallest absolute Gasteiger partial charge is 0.232 e. The highest BCUT2D eigenvalue weighted by Crippen LogP contribution is 2.20. The Morgan fingerprint density at radius 3 is 2.52 bits per heavy atom. The first-order valence-electron chi connectivity index (χ1n) is 9.66. The number of amides is 1. The van der Waals surface area contributed by atoms with Crippen molar-refractivity contribution < 1.29 is 9.53 Å². The highest BCUT2D eigenvalue weighted by atomic mass is 127. The Bertz CT molecular complexity index is 599. The number of nitrogens with one attached hydrogen (secondary N) is 2. The number of morpholine rings is 1. The highest BCUT2D eigenvalue weighted by Gasteiger charge is 2.27. The standard InChI is InChI=1S/C20H30N4O2.HI/c1-21-20(23-17-9-5-6-10-17)22-15-18(16-7-3-2-4-8-16)19(25)24-11-13-26-14-12-24;/h2-4,7-8,17-18H,5-6,9-15H2,1H3,(H2,21,22,23);1H. The lowest BCUT2D eigenvalue weighted by Gasteiger charge is -2.31. The summed E-state index contributed by atoms with van der Waals surface area (Å²) in [7, 11) is 1.78. The zero-order chi connectivity index (χ0) is 18.2. The second kappa shape index (κ2) is 11.5. The van der Waals surface area contributed by atoms with E-state index in [-0.39, 0.29) is 35.8 Å². The number of hydrogen-bond donors (Lipinski definition) is 2. The van der Waals surface area contributed by atoms with Crippen LogP contribution in [0.1, 0.15) is 37.2 Å². The molecule has 1 saturated carbocycles. The van der Waals surface area contributed by atoms with E-state index in [2.05, 4.69) is 15.6 Å². The van der Waals surface area contributed by atoms with Gasteiger partial charge >= 0.3 is 0 Å². The number of rotatable bonds is 5. The van der Waals surface area contributed by atoms with Gasteiger partial charge in [-0.05, 0) is 18.4 Å². The maximum atomic E-state index is 13.1. The van der Waals surface area contributed by atoms with Crippen LogP contribution < -0.4 is 10.6 Å². The van der Waals surface area contributed by atoms with Crippen molar-refractivity contribution in [2.75, 3.05) is 39.9 Å². The zero-order valence-electron chi connectivity index (χ0n) is 16.0. The lowest BCUT2D eigenvalue weighted by molar-refractivity contribution is -0.136. The van der Waals surface area contributed by atoms with Gasteiger partial charge in [-0.3, -0.25) is 9.79 Å². The summed E-state index contributed by atoms with van der Waals surface area (Å²) >= 11 is 0. The minimum atomic E-state index is -0.226. The summed E-state index contributed by atoms with van der Waals surface area (Å²) in [6, 6.07) is 10.5. The first-order chi connectivity index (χ1) is 12.8. The molecule has 0 aromatic heterocycles. The minimum Gasteiger partial charge on any atom is -0.378 e. The molecule has 0 spiro atoms.